The van der Waals surface area contributed by atoms with E-state index in [0.29, 0.717) is 25.7 Å². The van der Waals surface area contributed by atoms with Crippen LogP contribution in [0.5, 0.6) is 0 Å². The van der Waals surface area contributed by atoms with Gasteiger partial charge >= 0.3 is 17.9 Å². The van der Waals surface area contributed by atoms with Gasteiger partial charge < -0.3 is 19.3 Å². The number of carbonyl (C=O) groups is 3. The fraction of sp³-hybridized carbons (Fsp3) is 0.880. The molecule has 7 heteroatoms. The zero-order chi connectivity index (χ0) is 23.5. The summed E-state index contributed by atoms with van der Waals surface area (Å²) in [5, 5.41) is 11.3. The Morgan fingerprint density at radius 1 is 1.16 bits per heavy atom. The van der Waals surface area contributed by atoms with Gasteiger partial charge in [-0.25, -0.2) is 0 Å². The molecular formula is C25H38O7. The minimum absolute atomic E-state index is 0.0488. The van der Waals surface area contributed by atoms with Crippen LogP contribution >= 0.6 is 0 Å². The van der Waals surface area contributed by atoms with Crippen molar-refractivity contribution in [2.24, 2.45) is 39.9 Å². The number of esters is 3. The summed E-state index contributed by atoms with van der Waals surface area (Å²) >= 11 is 0. The van der Waals surface area contributed by atoms with Gasteiger partial charge in [0, 0.05) is 6.42 Å². The number of cyclic esters (lactones) is 1. The van der Waals surface area contributed by atoms with Crippen LogP contribution in [0.25, 0.3) is 0 Å². The Morgan fingerprint density at radius 2 is 1.88 bits per heavy atom. The lowest BCUT2D eigenvalue weighted by Crippen LogP contribution is -2.68. The number of hydrogen-bond donors (Lipinski definition) is 1. The van der Waals surface area contributed by atoms with E-state index < -0.39 is 41.6 Å². The molecule has 1 aliphatic heterocycles. The Hall–Kier alpha value is -1.63. The zero-order valence-electron chi connectivity index (χ0n) is 20.0. The van der Waals surface area contributed by atoms with Gasteiger partial charge in [0.1, 0.15) is 6.10 Å². The van der Waals surface area contributed by atoms with E-state index in [1.54, 1.807) is 0 Å². The number of carbonyl (C=O) groups excluding carboxylic acids is 3. The standard InChI is InChI=1S/C25H38O7/c1-6-8-18(26)31-17-13-16-23(2,3)11-7-12-24(16,4)15-10-9-14(20(27)30-5)19-21(28)32-22(29)25(15,17)19/h14-17,19,22,29H,6-13H2,1-5H3. The van der Waals surface area contributed by atoms with Crippen molar-refractivity contribution >= 4 is 17.9 Å². The zero-order valence-corrected chi connectivity index (χ0v) is 20.0. The lowest BCUT2D eigenvalue weighted by Gasteiger charge is -2.66. The van der Waals surface area contributed by atoms with Crippen LogP contribution in [0.3, 0.4) is 0 Å². The summed E-state index contributed by atoms with van der Waals surface area (Å²) in [6, 6.07) is 0. The highest BCUT2D eigenvalue weighted by Gasteiger charge is 2.76. The summed E-state index contributed by atoms with van der Waals surface area (Å²) in [6.07, 6.45) is 3.73. The first kappa shape index (κ1) is 23.5. The molecule has 1 saturated heterocycles. The van der Waals surface area contributed by atoms with E-state index in [0.717, 1.165) is 19.3 Å². The molecule has 4 aliphatic rings. The molecule has 1 N–H and O–H groups in total. The molecule has 0 amide bonds. The summed E-state index contributed by atoms with van der Waals surface area (Å²) < 4.78 is 16.6. The number of hydrogen-bond acceptors (Lipinski definition) is 7. The van der Waals surface area contributed by atoms with E-state index in [2.05, 4.69) is 20.8 Å². The molecule has 0 bridgehead atoms. The van der Waals surface area contributed by atoms with Crippen molar-refractivity contribution < 1.29 is 33.7 Å². The van der Waals surface area contributed by atoms with E-state index in [9.17, 15) is 19.5 Å². The van der Waals surface area contributed by atoms with Crippen molar-refractivity contribution in [2.45, 2.75) is 91.5 Å². The third-order valence-corrected chi connectivity index (χ3v) is 9.53. The number of ether oxygens (including phenoxy) is 3. The van der Waals surface area contributed by atoms with E-state index in [4.69, 9.17) is 14.2 Å². The quantitative estimate of drug-likeness (QED) is 0.516. The molecule has 0 radical (unpaired) electrons. The first-order valence-electron chi connectivity index (χ1n) is 12.2. The normalized spacial score (nSPS) is 44.5. The van der Waals surface area contributed by atoms with Crippen LogP contribution in [-0.2, 0) is 28.6 Å². The van der Waals surface area contributed by atoms with Crippen molar-refractivity contribution in [3.05, 3.63) is 0 Å². The predicted molar refractivity (Wildman–Crippen MR) is 115 cm³/mol. The molecule has 7 nitrogen and oxygen atoms in total. The third-order valence-electron chi connectivity index (χ3n) is 9.53. The van der Waals surface area contributed by atoms with Crippen molar-refractivity contribution in [1.82, 2.24) is 0 Å². The fourth-order valence-electron chi connectivity index (χ4n) is 8.36. The van der Waals surface area contributed by atoms with Gasteiger partial charge in [-0.15, -0.1) is 0 Å². The second kappa shape index (κ2) is 8.00. The third kappa shape index (κ3) is 3.13. The van der Waals surface area contributed by atoms with Gasteiger partial charge in [0.2, 0.25) is 6.29 Å². The van der Waals surface area contributed by atoms with Gasteiger partial charge in [0.05, 0.1) is 24.4 Å². The summed E-state index contributed by atoms with van der Waals surface area (Å²) in [6.45, 7) is 8.75. The average Bonchev–Trinajstić information content (AvgIpc) is 2.99. The molecule has 0 aromatic heterocycles. The Morgan fingerprint density at radius 3 is 2.53 bits per heavy atom. The Kier molecular flexibility index (Phi) is 5.88. The molecule has 0 aromatic carbocycles. The van der Waals surface area contributed by atoms with Crippen LogP contribution in [0.15, 0.2) is 0 Å². The molecular weight excluding hydrogens is 412 g/mol. The smallest absolute Gasteiger partial charge is 0.313 e. The van der Waals surface area contributed by atoms with Crippen molar-refractivity contribution in [1.29, 1.82) is 0 Å². The Labute approximate surface area is 190 Å². The van der Waals surface area contributed by atoms with Gasteiger partial charge in [0.15, 0.2) is 0 Å². The maximum absolute atomic E-state index is 13.1. The second-order valence-corrected chi connectivity index (χ2v) is 11.4. The molecule has 3 aliphatic carbocycles. The van der Waals surface area contributed by atoms with Crippen LogP contribution in [0, 0.1) is 39.9 Å². The van der Waals surface area contributed by atoms with Crippen LogP contribution in [0.4, 0.5) is 0 Å². The van der Waals surface area contributed by atoms with Gasteiger partial charge in [-0.05, 0) is 61.2 Å². The topological polar surface area (TPSA) is 99.1 Å². The van der Waals surface area contributed by atoms with Gasteiger partial charge in [-0.2, -0.15) is 0 Å². The van der Waals surface area contributed by atoms with E-state index in [1.165, 1.54) is 7.11 Å². The van der Waals surface area contributed by atoms with E-state index >= 15 is 0 Å². The molecule has 180 valence electrons. The summed E-state index contributed by atoms with van der Waals surface area (Å²) in [4.78, 5) is 38.5. The van der Waals surface area contributed by atoms with Crippen LogP contribution in [0.1, 0.15) is 79.1 Å². The first-order valence-corrected chi connectivity index (χ1v) is 12.2. The number of rotatable bonds is 4. The van der Waals surface area contributed by atoms with E-state index in [-0.39, 0.29) is 35.1 Å². The van der Waals surface area contributed by atoms with Crippen molar-refractivity contribution in [3.63, 3.8) is 0 Å². The molecule has 1 spiro atoms. The molecule has 4 rings (SSSR count). The van der Waals surface area contributed by atoms with Crippen molar-refractivity contribution in [2.75, 3.05) is 7.11 Å². The summed E-state index contributed by atoms with van der Waals surface area (Å²) in [5.74, 6) is -2.76. The lowest BCUT2D eigenvalue weighted by atomic mass is 9.37. The first-order chi connectivity index (χ1) is 15.0. The summed E-state index contributed by atoms with van der Waals surface area (Å²) in [5.41, 5.74) is -1.23. The molecule has 4 fully saturated rings. The number of fused-ring (bicyclic) bond motifs is 2. The predicted octanol–water partition coefficient (Wildman–Crippen LogP) is 3.61. The highest BCUT2D eigenvalue weighted by atomic mass is 16.6. The highest BCUT2D eigenvalue weighted by Crippen LogP contribution is 2.72. The van der Waals surface area contributed by atoms with Crippen molar-refractivity contribution in [3.8, 4) is 0 Å². The molecule has 0 aromatic rings. The minimum Gasteiger partial charge on any atom is -0.469 e. The minimum atomic E-state index is -1.40. The molecule has 8 atom stereocenters. The maximum atomic E-state index is 13.1. The van der Waals surface area contributed by atoms with Crippen LogP contribution in [0.2, 0.25) is 0 Å². The summed E-state index contributed by atoms with van der Waals surface area (Å²) in [7, 11) is 1.32. The van der Waals surface area contributed by atoms with Gasteiger partial charge in [-0.1, -0.05) is 34.1 Å². The van der Waals surface area contributed by atoms with Gasteiger partial charge in [-0.3, -0.25) is 14.4 Å². The lowest BCUT2D eigenvalue weighted by molar-refractivity contribution is -0.275. The largest absolute Gasteiger partial charge is 0.469 e. The van der Waals surface area contributed by atoms with E-state index in [1.807, 2.05) is 6.92 Å². The second-order valence-electron chi connectivity index (χ2n) is 11.4. The molecule has 32 heavy (non-hydrogen) atoms. The molecule has 3 saturated carbocycles. The van der Waals surface area contributed by atoms with Crippen LogP contribution < -0.4 is 0 Å². The SMILES string of the molecule is CCCC(=O)OC1CC2C(C)(C)CCCC2(C)C2CCC(C(=O)OC)C3C(=O)OC(O)C132. The number of aliphatic hydroxyl groups is 1. The number of methoxy groups -OCH3 is 1. The highest BCUT2D eigenvalue weighted by molar-refractivity contribution is 5.85. The van der Waals surface area contributed by atoms with Gasteiger partial charge in [0.25, 0.3) is 0 Å². The maximum Gasteiger partial charge on any atom is 0.313 e. The number of aliphatic hydroxyl groups excluding tert-OH is 1. The monoisotopic (exact) mass is 450 g/mol. The Balaban J connectivity index is 1.87. The Bertz CT molecular complexity index is 791. The average molecular weight is 451 g/mol. The van der Waals surface area contributed by atoms with Crippen LogP contribution in [-0.4, -0.2) is 42.5 Å². The molecule has 8 unspecified atom stereocenters. The fourth-order valence-corrected chi connectivity index (χ4v) is 8.36. The molecule has 1 heterocycles.